The largest absolute Gasteiger partial charge is 1.00 e. The third-order valence-corrected chi connectivity index (χ3v) is 5.75. The van der Waals surface area contributed by atoms with Crippen LogP contribution in [0.3, 0.4) is 0 Å². The molecular formula is C11H11KN2O4S2. The summed E-state index contributed by atoms with van der Waals surface area (Å²) in [6.07, 6.45) is 0. The van der Waals surface area contributed by atoms with Crippen molar-refractivity contribution in [3.8, 4) is 0 Å². The molecule has 1 aromatic rings. The molecule has 20 heavy (non-hydrogen) atoms. The van der Waals surface area contributed by atoms with Crippen LogP contribution < -0.4 is 66.7 Å². The Morgan fingerprint density at radius 1 is 1.35 bits per heavy atom. The van der Waals surface area contributed by atoms with E-state index in [2.05, 4.69) is 5.32 Å². The first-order valence-electron chi connectivity index (χ1n) is 5.68. The molecule has 0 amide bonds. The van der Waals surface area contributed by atoms with Gasteiger partial charge < -0.3 is 20.1 Å². The molecule has 2 heterocycles. The SMILES string of the molecule is O=C([O-])SC1Nc2ccccc2N1C1CS(=O)(=O)C1.[K+]. The van der Waals surface area contributed by atoms with Gasteiger partial charge in [-0.25, -0.2) is 8.42 Å². The molecule has 1 atom stereocenters. The van der Waals surface area contributed by atoms with Crippen LogP contribution in [0, 0.1) is 0 Å². The summed E-state index contributed by atoms with van der Waals surface area (Å²) in [4.78, 5) is 12.6. The van der Waals surface area contributed by atoms with Gasteiger partial charge in [-0.3, -0.25) is 0 Å². The number of anilines is 2. The van der Waals surface area contributed by atoms with Gasteiger partial charge >= 0.3 is 51.4 Å². The van der Waals surface area contributed by atoms with Crippen LogP contribution in [-0.4, -0.2) is 36.8 Å². The first kappa shape index (κ1) is 16.6. The van der Waals surface area contributed by atoms with E-state index in [4.69, 9.17) is 0 Å². The normalized spacial score (nSPS) is 23.2. The summed E-state index contributed by atoms with van der Waals surface area (Å²) in [5, 5.41) is 12.6. The van der Waals surface area contributed by atoms with Crippen LogP contribution in [0.1, 0.15) is 0 Å². The molecule has 2 aliphatic heterocycles. The summed E-state index contributed by atoms with van der Waals surface area (Å²) in [6, 6.07) is 7.19. The van der Waals surface area contributed by atoms with Crippen LogP contribution in [0.25, 0.3) is 0 Å². The van der Waals surface area contributed by atoms with Crippen LogP contribution in [-0.2, 0) is 9.84 Å². The van der Waals surface area contributed by atoms with Crippen molar-refractivity contribution in [2.75, 3.05) is 21.7 Å². The van der Waals surface area contributed by atoms with Gasteiger partial charge in [0.1, 0.15) is 5.30 Å². The number of fused-ring (bicyclic) bond motifs is 1. The Balaban J connectivity index is 0.00000147. The number of para-hydroxylation sites is 2. The van der Waals surface area contributed by atoms with Gasteiger partial charge in [0.2, 0.25) is 0 Å². The molecule has 6 nitrogen and oxygen atoms in total. The van der Waals surface area contributed by atoms with Gasteiger partial charge in [0.25, 0.3) is 0 Å². The number of hydrogen-bond donors (Lipinski definition) is 1. The number of nitrogens with one attached hydrogen (secondary N) is 1. The minimum Gasteiger partial charge on any atom is -0.538 e. The molecule has 1 N–H and O–H groups in total. The zero-order chi connectivity index (χ0) is 13.6. The molecule has 1 saturated heterocycles. The number of carbonyl (C=O) groups is 1. The van der Waals surface area contributed by atoms with Crippen LogP contribution in [0.15, 0.2) is 24.3 Å². The summed E-state index contributed by atoms with van der Waals surface area (Å²) in [6.45, 7) is 0. The Kier molecular flexibility index (Phi) is 5.10. The van der Waals surface area contributed by atoms with Crippen LogP contribution in [0.5, 0.6) is 0 Å². The van der Waals surface area contributed by atoms with Gasteiger partial charge in [-0.15, -0.1) is 0 Å². The van der Waals surface area contributed by atoms with E-state index in [-0.39, 0.29) is 68.9 Å². The van der Waals surface area contributed by atoms with Gasteiger partial charge in [0.05, 0.1) is 28.9 Å². The van der Waals surface area contributed by atoms with Gasteiger partial charge in [-0.05, 0) is 12.1 Å². The standard InChI is InChI=1S/C11H12N2O4S2.K/c14-11(15)18-10-12-8-3-1-2-4-9(8)13(10)7-5-19(16,17)6-7;/h1-4,7,10,12H,5-6H2,(H,14,15);/q;+1/p-1. The summed E-state index contributed by atoms with van der Waals surface area (Å²) in [7, 11) is -2.96. The molecule has 3 rings (SSSR count). The molecular weight excluding hydrogens is 327 g/mol. The fourth-order valence-electron chi connectivity index (χ4n) is 2.41. The molecule has 102 valence electrons. The molecule has 0 aromatic heterocycles. The second kappa shape index (κ2) is 6.15. The van der Waals surface area contributed by atoms with Crippen molar-refractivity contribution in [1.29, 1.82) is 0 Å². The number of carboxylic acid groups (broad SMARTS) is 1. The second-order valence-corrected chi connectivity index (χ2v) is 7.69. The van der Waals surface area contributed by atoms with Gasteiger partial charge in [-0.1, -0.05) is 23.9 Å². The quantitative estimate of drug-likeness (QED) is 0.578. The Morgan fingerprint density at radius 2 is 2.00 bits per heavy atom. The minimum atomic E-state index is -2.96. The Hall–Kier alpha value is 0.226. The molecule has 0 bridgehead atoms. The number of rotatable bonds is 2. The van der Waals surface area contributed by atoms with E-state index in [9.17, 15) is 18.3 Å². The average Bonchev–Trinajstić information content (AvgIpc) is 2.62. The summed E-state index contributed by atoms with van der Waals surface area (Å²) >= 11 is 0.630. The number of thioether (sulfide) groups is 1. The summed E-state index contributed by atoms with van der Waals surface area (Å²) < 4.78 is 22.6. The molecule has 0 saturated carbocycles. The molecule has 1 fully saturated rings. The summed E-state index contributed by atoms with van der Waals surface area (Å²) in [5.41, 5.74) is 1.12. The van der Waals surface area contributed by atoms with E-state index in [1.807, 2.05) is 29.2 Å². The molecule has 0 spiro atoms. The van der Waals surface area contributed by atoms with Crippen molar-refractivity contribution < 1.29 is 69.7 Å². The number of hydrogen-bond acceptors (Lipinski definition) is 7. The van der Waals surface area contributed by atoms with Crippen LogP contribution >= 0.6 is 11.8 Å². The Morgan fingerprint density at radius 3 is 2.60 bits per heavy atom. The molecule has 1 aromatic carbocycles. The first-order valence-corrected chi connectivity index (χ1v) is 8.38. The van der Waals surface area contributed by atoms with E-state index in [1.54, 1.807) is 0 Å². The fourth-order valence-corrected chi connectivity index (χ4v) is 4.58. The average molecular weight is 338 g/mol. The predicted octanol–water partition coefficient (Wildman–Crippen LogP) is -2.92. The molecule has 2 aliphatic rings. The van der Waals surface area contributed by atoms with Gasteiger partial charge in [0.15, 0.2) is 15.3 Å². The zero-order valence-corrected chi connectivity index (χ0v) is 15.5. The maximum absolute atomic E-state index is 11.3. The zero-order valence-electron chi connectivity index (χ0n) is 10.8. The molecule has 0 radical (unpaired) electrons. The van der Waals surface area contributed by atoms with Crippen molar-refractivity contribution in [3.63, 3.8) is 0 Å². The van der Waals surface area contributed by atoms with E-state index in [1.165, 1.54) is 0 Å². The summed E-state index contributed by atoms with van der Waals surface area (Å²) in [5.74, 6) is 0.125. The van der Waals surface area contributed by atoms with Crippen molar-refractivity contribution in [1.82, 2.24) is 0 Å². The van der Waals surface area contributed by atoms with Crippen molar-refractivity contribution in [2.24, 2.45) is 0 Å². The number of benzene rings is 1. The van der Waals surface area contributed by atoms with Crippen LogP contribution in [0.4, 0.5) is 16.2 Å². The topological polar surface area (TPSA) is 89.5 Å². The van der Waals surface area contributed by atoms with E-state index in [0.29, 0.717) is 11.8 Å². The smallest absolute Gasteiger partial charge is 0.538 e. The van der Waals surface area contributed by atoms with Crippen molar-refractivity contribution in [3.05, 3.63) is 24.3 Å². The predicted molar refractivity (Wildman–Crippen MR) is 71.8 cm³/mol. The third-order valence-electron chi connectivity index (χ3n) is 3.21. The number of sulfone groups is 1. The van der Waals surface area contributed by atoms with Crippen molar-refractivity contribution in [2.45, 2.75) is 11.5 Å². The van der Waals surface area contributed by atoms with Crippen molar-refractivity contribution >= 4 is 38.3 Å². The number of nitrogens with zero attached hydrogens (tertiary/aromatic N) is 1. The van der Waals surface area contributed by atoms with E-state index in [0.717, 1.165) is 11.4 Å². The maximum Gasteiger partial charge on any atom is 1.00 e. The molecule has 1 unspecified atom stereocenters. The second-order valence-electron chi connectivity index (χ2n) is 4.52. The maximum atomic E-state index is 11.3. The molecule has 9 heteroatoms. The monoisotopic (exact) mass is 338 g/mol. The third kappa shape index (κ3) is 3.18. The Bertz CT molecular complexity index is 625. The Labute approximate surface area is 163 Å². The van der Waals surface area contributed by atoms with Crippen LogP contribution in [0.2, 0.25) is 0 Å². The van der Waals surface area contributed by atoms with Gasteiger partial charge in [0, 0.05) is 0 Å². The first-order chi connectivity index (χ1) is 8.96. The molecule has 0 aliphatic carbocycles. The minimum absolute atomic E-state index is 0. The van der Waals surface area contributed by atoms with Gasteiger partial charge in [-0.2, -0.15) is 0 Å². The number of carbonyl (C=O) groups excluding carboxylic acids is 1. The van der Waals surface area contributed by atoms with E-state index >= 15 is 0 Å². The van der Waals surface area contributed by atoms with E-state index < -0.39 is 20.6 Å². The fraction of sp³-hybridized carbons (Fsp3) is 0.364.